The number of nitrogens with one attached hydrogen (secondary N) is 1. The van der Waals surface area contributed by atoms with Crippen LogP contribution in [0.2, 0.25) is 10.0 Å². The number of hydrogen-bond acceptors (Lipinski definition) is 4. The fraction of sp³-hybridized carbons (Fsp3) is 0.350. The van der Waals surface area contributed by atoms with Gasteiger partial charge in [0.15, 0.2) is 11.5 Å². The average molecular weight is 408 g/mol. The van der Waals surface area contributed by atoms with Crippen molar-refractivity contribution in [3.8, 4) is 11.5 Å². The number of carbonyl (C=O) groups is 1. The van der Waals surface area contributed by atoms with Crippen LogP contribution < -0.4 is 14.8 Å². The molecule has 0 aliphatic carbocycles. The first kappa shape index (κ1) is 18.4. The molecule has 0 radical (unpaired) electrons. The lowest BCUT2D eigenvalue weighted by molar-refractivity contribution is 0.0486. The summed E-state index contributed by atoms with van der Waals surface area (Å²) < 4.78 is 16.5. The maximum atomic E-state index is 12.7. The van der Waals surface area contributed by atoms with E-state index in [1.54, 1.807) is 18.2 Å². The standard InChI is InChI=1S/C20H19Cl2NO4/c21-14-2-3-15(16(22)10-14)19(24)23-11-20(5-7-25-8-6-20)13-1-4-17-18(9-13)27-12-26-17/h1-4,9-10H,5-8,11-12H2,(H,23,24). The molecule has 0 unspecified atom stereocenters. The maximum Gasteiger partial charge on any atom is 0.252 e. The summed E-state index contributed by atoms with van der Waals surface area (Å²) in [6, 6.07) is 10.8. The van der Waals surface area contributed by atoms with Crippen LogP contribution >= 0.6 is 23.2 Å². The lowest BCUT2D eigenvalue weighted by Crippen LogP contribution is -2.44. The highest BCUT2D eigenvalue weighted by atomic mass is 35.5. The van der Waals surface area contributed by atoms with Gasteiger partial charge in [-0.25, -0.2) is 0 Å². The number of fused-ring (bicyclic) bond motifs is 1. The monoisotopic (exact) mass is 407 g/mol. The van der Waals surface area contributed by atoms with E-state index in [9.17, 15) is 4.79 Å². The van der Waals surface area contributed by atoms with Crippen molar-refractivity contribution in [3.05, 3.63) is 57.6 Å². The van der Waals surface area contributed by atoms with Gasteiger partial charge in [0.25, 0.3) is 5.91 Å². The van der Waals surface area contributed by atoms with Crippen LogP contribution in [-0.2, 0) is 10.2 Å². The van der Waals surface area contributed by atoms with Crippen LogP contribution in [0.25, 0.3) is 0 Å². The van der Waals surface area contributed by atoms with Crippen molar-refractivity contribution in [2.75, 3.05) is 26.6 Å². The molecular weight excluding hydrogens is 389 g/mol. The number of amides is 1. The first-order valence-electron chi connectivity index (χ1n) is 8.79. The molecule has 0 atom stereocenters. The fourth-order valence-electron chi connectivity index (χ4n) is 3.57. The molecule has 1 amide bonds. The Hall–Kier alpha value is -1.95. The Morgan fingerprint density at radius 3 is 2.59 bits per heavy atom. The van der Waals surface area contributed by atoms with Crippen LogP contribution in [0.15, 0.2) is 36.4 Å². The van der Waals surface area contributed by atoms with Gasteiger partial charge in [0.05, 0.1) is 10.6 Å². The van der Waals surface area contributed by atoms with Gasteiger partial charge in [-0.05, 0) is 48.7 Å². The summed E-state index contributed by atoms with van der Waals surface area (Å²) in [5.74, 6) is 1.27. The molecule has 2 aromatic rings. The molecule has 7 heteroatoms. The number of rotatable bonds is 4. The normalized spacial score (nSPS) is 17.6. The Morgan fingerprint density at radius 2 is 1.81 bits per heavy atom. The molecular formula is C20H19Cl2NO4. The topological polar surface area (TPSA) is 56.8 Å². The summed E-state index contributed by atoms with van der Waals surface area (Å²) in [7, 11) is 0. The third kappa shape index (κ3) is 3.72. The van der Waals surface area contributed by atoms with E-state index in [1.165, 1.54) is 0 Å². The number of ether oxygens (including phenoxy) is 3. The molecule has 2 aliphatic heterocycles. The molecule has 142 valence electrons. The fourth-order valence-corrected chi connectivity index (χ4v) is 4.07. The van der Waals surface area contributed by atoms with Crippen molar-refractivity contribution in [1.82, 2.24) is 5.32 Å². The van der Waals surface area contributed by atoms with E-state index < -0.39 is 0 Å². The van der Waals surface area contributed by atoms with Gasteiger partial charge < -0.3 is 19.5 Å². The molecule has 0 saturated carbocycles. The molecule has 2 heterocycles. The van der Waals surface area contributed by atoms with Crippen molar-refractivity contribution in [1.29, 1.82) is 0 Å². The molecule has 2 aliphatic rings. The van der Waals surface area contributed by atoms with E-state index in [-0.39, 0.29) is 18.1 Å². The van der Waals surface area contributed by atoms with E-state index in [2.05, 4.69) is 5.32 Å². The van der Waals surface area contributed by atoms with Crippen LogP contribution in [0.5, 0.6) is 11.5 Å². The average Bonchev–Trinajstić information content (AvgIpc) is 3.15. The molecule has 1 N–H and O–H groups in total. The van der Waals surface area contributed by atoms with E-state index in [4.69, 9.17) is 37.4 Å². The predicted molar refractivity (Wildman–Crippen MR) is 103 cm³/mol. The molecule has 2 aromatic carbocycles. The number of halogens is 2. The molecule has 1 fully saturated rings. The van der Waals surface area contributed by atoms with Gasteiger partial charge >= 0.3 is 0 Å². The van der Waals surface area contributed by atoms with Gasteiger partial charge in [0, 0.05) is 30.2 Å². The van der Waals surface area contributed by atoms with Crippen LogP contribution in [-0.4, -0.2) is 32.5 Å². The lowest BCUT2D eigenvalue weighted by atomic mass is 9.74. The Balaban J connectivity index is 1.56. The highest BCUT2D eigenvalue weighted by Gasteiger charge is 2.36. The highest BCUT2D eigenvalue weighted by Crippen LogP contribution is 2.40. The van der Waals surface area contributed by atoms with Crippen LogP contribution in [0.4, 0.5) is 0 Å². The zero-order valence-corrected chi connectivity index (χ0v) is 16.1. The van der Waals surface area contributed by atoms with E-state index in [1.807, 2.05) is 18.2 Å². The van der Waals surface area contributed by atoms with Gasteiger partial charge in [0.1, 0.15) is 0 Å². The largest absolute Gasteiger partial charge is 0.454 e. The zero-order chi connectivity index (χ0) is 18.9. The quantitative estimate of drug-likeness (QED) is 0.824. The van der Waals surface area contributed by atoms with Gasteiger partial charge in [-0.3, -0.25) is 4.79 Å². The molecule has 4 rings (SSSR count). The summed E-state index contributed by atoms with van der Waals surface area (Å²) >= 11 is 12.1. The summed E-state index contributed by atoms with van der Waals surface area (Å²) in [5.41, 5.74) is 1.29. The van der Waals surface area contributed by atoms with Gasteiger partial charge in [-0.2, -0.15) is 0 Å². The summed E-state index contributed by atoms with van der Waals surface area (Å²) in [6.45, 7) is 2.01. The van der Waals surface area contributed by atoms with E-state index in [0.717, 1.165) is 29.9 Å². The van der Waals surface area contributed by atoms with Crippen molar-refractivity contribution in [3.63, 3.8) is 0 Å². The zero-order valence-electron chi connectivity index (χ0n) is 14.6. The van der Waals surface area contributed by atoms with E-state index in [0.29, 0.717) is 35.4 Å². The van der Waals surface area contributed by atoms with Gasteiger partial charge in [-0.15, -0.1) is 0 Å². The Morgan fingerprint density at radius 1 is 1.04 bits per heavy atom. The molecule has 1 saturated heterocycles. The predicted octanol–water partition coefficient (Wildman–Crippen LogP) is 4.20. The third-order valence-corrected chi connectivity index (χ3v) is 5.75. The van der Waals surface area contributed by atoms with Crippen molar-refractivity contribution < 1.29 is 19.0 Å². The van der Waals surface area contributed by atoms with Crippen LogP contribution in [0.1, 0.15) is 28.8 Å². The summed E-state index contributed by atoms with van der Waals surface area (Å²) in [4.78, 5) is 12.7. The Bertz CT molecular complexity index is 865. The second-order valence-corrected chi connectivity index (χ2v) is 7.61. The Kier molecular flexibility index (Phi) is 5.17. The van der Waals surface area contributed by atoms with Crippen LogP contribution in [0.3, 0.4) is 0 Å². The SMILES string of the molecule is O=C(NCC1(c2ccc3c(c2)OCO3)CCOCC1)c1ccc(Cl)cc1Cl. The minimum absolute atomic E-state index is 0.219. The first-order valence-corrected chi connectivity index (χ1v) is 9.54. The number of carbonyl (C=O) groups excluding carboxylic acids is 1. The second kappa shape index (κ2) is 7.58. The molecule has 5 nitrogen and oxygen atoms in total. The minimum Gasteiger partial charge on any atom is -0.454 e. The summed E-state index contributed by atoms with van der Waals surface area (Å²) in [5, 5.41) is 3.88. The van der Waals surface area contributed by atoms with Crippen LogP contribution in [0, 0.1) is 0 Å². The number of benzene rings is 2. The summed E-state index contributed by atoms with van der Waals surface area (Å²) in [6.07, 6.45) is 1.61. The smallest absolute Gasteiger partial charge is 0.252 e. The van der Waals surface area contributed by atoms with Crippen molar-refractivity contribution in [2.45, 2.75) is 18.3 Å². The van der Waals surface area contributed by atoms with Crippen molar-refractivity contribution in [2.24, 2.45) is 0 Å². The molecule has 0 spiro atoms. The van der Waals surface area contributed by atoms with Crippen molar-refractivity contribution >= 4 is 29.1 Å². The Labute approximate surface area is 167 Å². The molecule has 0 aromatic heterocycles. The van der Waals surface area contributed by atoms with Gasteiger partial charge in [-0.1, -0.05) is 29.3 Å². The maximum absolute atomic E-state index is 12.7. The highest BCUT2D eigenvalue weighted by molar-refractivity contribution is 6.36. The van der Waals surface area contributed by atoms with E-state index >= 15 is 0 Å². The first-order chi connectivity index (χ1) is 13.1. The minimum atomic E-state index is -0.228. The second-order valence-electron chi connectivity index (χ2n) is 6.77. The third-order valence-electron chi connectivity index (χ3n) is 5.20. The molecule has 27 heavy (non-hydrogen) atoms. The van der Waals surface area contributed by atoms with Gasteiger partial charge in [0.2, 0.25) is 6.79 Å². The lowest BCUT2D eigenvalue weighted by Gasteiger charge is -2.38. The molecule has 0 bridgehead atoms. The number of hydrogen-bond donors (Lipinski definition) is 1.